The lowest BCUT2D eigenvalue weighted by Crippen LogP contribution is -2.04. The van der Waals surface area contributed by atoms with Crippen molar-refractivity contribution in [1.29, 1.82) is 0 Å². The van der Waals surface area contributed by atoms with Crippen molar-refractivity contribution >= 4 is 10.1 Å². The smallest absolute Gasteiger partial charge is 0.295 e. The monoisotopic (exact) mass is 434 g/mol. The Bertz CT molecular complexity index is 863. The van der Waals surface area contributed by atoms with Crippen molar-refractivity contribution in [2.45, 2.75) is 82.4 Å². The molecule has 0 aliphatic heterocycles. The lowest BCUT2D eigenvalue weighted by atomic mass is 10.0. The highest BCUT2D eigenvalue weighted by Crippen LogP contribution is 2.34. The summed E-state index contributed by atoms with van der Waals surface area (Å²) in [4.78, 5) is -0.288. The molecule has 0 bridgehead atoms. The van der Waals surface area contributed by atoms with Crippen molar-refractivity contribution in [2.75, 3.05) is 0 Å². The lowest BCUT2D eigenvalue weighted by Gasteiger charge is -2.13. The van der Waals surface area contributed by atoms with Crippen LogP contribution in [0, 0.1) is 0 Å². The summed E-state index contributed by atoms with van der Waals surface area (Å²) in [5.41, 5.74) is 0.248. The number of phenols is 1. The normalized spacial score (nSPS) is 11.5. The van der Waals surface area contributed by atoms with Crippen LogP contribution in [0.5, 0.6) is 17.2 Å². The minimum Gasteiger partial charge on any atom is -0.507 e. The van der Waals surface area contributed by atoms with E-state index in [1.807, 2.05) is 6.07 Å². The van der Waals surface area contributed by atoms with Gasteiger partial charge in [-0.1, -0.05) is 82.9 Å². The predicted molar refractivity (Wildman–Crippen MR) is 120 cm³/mol. The maximum Gasteiger partial charge on any atom is 0.295 e. The molecule has 0 atom stereocenters. The van der Waals surface area contributed by atoms with Gasteiger partial charge < -0.3 is 9.84 Å². The van der Waals surface area contributed by atoms with Crippen LogP contribution in [0.3, 0.4) is 0 Å². The van der Waals surface area contributed by atoms with Crippen molar-refractivity contribution in [3.63, 3.8) is 0 Å². The number of para-hydroxylation sites is 1. The number of aromatic hydroxyl groups is 1. The third kappa shape index (κ3) is 8.36. The van der Waals surface area contributed by atoms with Gasteiger partial charge in [-0.3, -0.25) is 4.55 Å². The number of rotatable bonds is 14. The molecule has 2 aromatic rings. The zero-order valence-corrected chi connectivity index (χ0v) is 18.7. The molecule has 30 heavy (non-hydrogen) atoms. The highest BCUT2D eigenvalue weighted by molar-refractivity contribution is 7.85. The Hall–Kier alpha value is -2.05. The van der Waals surface area contributed by atoms with Crippen LogP contribution in [0.25, 0.3) is 0 Å². The molecule has 0 amide bonds. The first-order chi connectivity index (χ1) is 14.4. The van der Waals surface area contributed by atoms with Gasteiger partial charge in [0.15, 0.2) is 0 Å². The molecular formula is C24H34O5S. The Labute approximate surface area is 180 Å². The Morgan fingerprint density at radius 2 is 1.37 bits per heavy atom. The Balaban J connectivity index is 1.90. The molecule has 0 spiro atoms. The molecule has 0 aliphatic carbocycles. The molecule has 0 heterocycles. The van der Waals surface area contributed by atoms with E-state index in [4.69, 9.17) is 4.74 Å². The number of hydrogen-bond donors (Lipinski definition) is 2. The SMILES string of the molecule is CCCCCCCCCCCCc1c(O)cc(Oc2ccccc2)cc1S(=O)(=O)O. The Morgan fingerprint density at radius 1 is 0.800 bits per heavy atom. The maximum absolute atomic E-state index is 11.9. The quantitative estimate of drug-likeness (QED) is 0.250. The van der Waals surface area contributed by atoms with Crippen LogP contribution in [-0.2, 0) is 16.5 Å². The molecule has 2 N–H and O–H groups in total. The molecule has 0 fully saturated rings. The molecule has 0 radical (unpaired) electrons. The fraction of sp³-hybridized carbons (Fsp3) is 0.500. The number of benzene rings is 2. The van der Waals surface area contributed by atoms with E-state index in [0.717, 1.165) is 19.3 Å². The highest BCUT2D eigenvalue weighted by Gasteiger charge is 2.21. The number of phenolic OH excluding ortho intramolecular Hbond substituents is 1. The van der Waals surface area contributed by atoms with Gasteiger partial charge in [0.25, 0.3) is 10.1 Å². The molecule has 0 aliphatic rings. The van der Waals surface area contributed by atoms with E-state index in [-0.39, 0.29) is 22.0 Å². The fourth-order valence-electron chi connectivity index (χ4n) is 3.56. The maximum atomic E-state index is 11.9. The molecule has 0 aromatic heterocycles. The first-order valence-electron chi connectivity index (χ1n) is 11.0. The van der Waals surface area contributed by atoms with Crippen LogP contribution < -0.4 is 4.74 Å². The Kier molecular flexibility index (Phi) is 10.2. The number of ether oxygens (including phenoxy) is 1. The van der Waals surface area contributed by atoms with E-state index in [1.165, 1.54) is 57.1 Å². The molecule has 0 saturated carbocycles. The van der Waals surface area contributed by atoms with Crippen LogP contribution in [0.15, 0.2) is 47.4 Å². The van der Waals surface area contributed by atoms with Crippen LogP contribution in [0.1, 0.15) is 76.7 Å². The van der Waals surface area contributed by atoms with E-state index >= 15 is 0 Å². The molecular weight excluding hydrogens is 400 g/mol. The van der Waals surface area contributed by atoms with E-state index < -0.39 is 10.1 Å². The van der Waals surface area contributed by atoms with Crippen molar-refractivity contribution in [3.8, 4) is 17.2 Å². The molecule has 0 saturated heterocycles. The number of unbranched alkanes of at least 4 members (excludes halogenated alkanes) is 9. The van der Waals surface area contributed by atoms with Crippen molar-refractivity contribution in [1.82, 2.24) is 0 Å². The molecule has 6 heteroatoms. The Morgan fingerprint density at radius 3 is 1.93 bits per heavy atom. The zero-order valence-electron chi connectivity index (χ0n) is 17.8. The van der Waals surface area contributed by atoms with Crippen LogP contribution in [0.4, 0.5) is 0 Å². The average molecular weight is 435 g/mol. The minimum absolute atomic E-state index is 0.165. The number of hydrogen-bond acceptors (Lipinski definition) is 4. The van der Waals surface area contributed by atoms with E-state index in [1.54, 1.807) is 24.3 Å². The third-order valence-corrected chi connectivity index (χ3v) is 6.12. The minimum atomic E-state index is -4.47. The van der Waals surface area contributed by atoms with Gasteiger partial charge in [0.05, 0.1) is 0 Å². The van der Waals surface area contributed by atoms with Gasteiger partial charge in [0.2, 0.25) is 0 Å². The molecule has 2 rings (SSSR count). The van der Waals surface area contributed by atoms with Crippen LogP contribution in [-0.4, -0.2) is 18.1 Å². The van der Waals surface area contributed by atoms with Gasteiger partial charge >= 0.3 is 0 Å². The molecule has 166 valence electrons. The van der Waals surface area contributed by atoms with Crippen molar-refractivity contribution in [3.05, 3.63) is 48.0 Å². The summed E-state index contributed by atoms with van der Waals surface area (Å²) in [6.45, 7) is 2.22. The largest absolute Gasteiger partial charge is 0.507 e. The van der Waals surface area contributed by atoms with Gasteiger partial charge in [-0.2, -0.15) is 8.42 Å². The zero-order chi connectivity index (χ0) is 21.8. The summed E-state index contributed by atoms with van der Waals surface area (Å²) in [5, 5.41) is 10.4. The van der Waals surface area contributed by atoms with Gasteiger partial charge in [-0.15, -0.1) is 0 Å². The van der Waals surface area contributed by atoms with E-state index in [0.29, 0.717) is 12.2 Å². The van der Waals surface area contributed by atoms with Gasteiger partial charge in [0, 0.05) is 17.7 Å². The first kappa shape index (κ1) is 24.2. The third-order valence-electron chi connectivity index (χ3n) is 5.20. The van der Waals surface area contributed by atoms with Gasteiger partial charge in [-0.25, -0.2) is 0 Å². The molecule has 2 aromatic carbocycles. The standard InChI is InChI=1S/C24H34O5S/c1-2-3-4-5-6-7-8-9-10-14-17-22-23(25)18-21(19-24(22)30(26,27)28)29-20-15-12-11-13-16-20/h11-13,15-16,18-19,25H,2-10,14,17H2,1H3,(H,26,27,28). The fourth-order valence-corrected chi connectivity index (χ4v) is 4.34. The van der Waals surface area contributed by atoms with E-state index in [2.05, 4.69) is 6.92 Å². The topological polar surface area (TPSA) is 83.8 Å². The average Bonchev–Trinajstić information content (AvgIpc) is 2.70. The molecule has 0 unspecified atom stereocenters. The molecule has 5 nitrogen and oxygen atoms in total. The summed E-state index contributed by atoms with van der Waals surface area (Å²) < 4.78 is 39.0. The summed E-state index contributed by atoms with van der Waals surface area (Å²) in [5.74, 6) is 0.505. The van der Waals surface area contributed by atoms with E-state index in [9.17, 15) is 18.1 Å². The van der Waals surface area contributed by atoms with Crippen LogP contribution >= 0.6 is 0 Å². The second-order valence-corrected chi connectivity index (χ2v) is 9.13. The predicted octanol–water partition coefficient (Wildman–Crippen LogP) is 6.89. The summed E-state index contributed by atoms with van der Waals surface area (Å²) in [7, 11) is -4.47. The highest BCUT2D eigenvalue weighted by atomic mass is 32.2. The summed E-state index contributed by atoms with van der Waals surface area (Å²) >= 11 is 0. The summed E-state index contributed by atoms with van der Waals surface area (Å²) in [6, 6.07) is 11.5. The summed E-state index contributed by atoms with van der Waals surface area (Å²) in [6.07, 6.45) is 12.1. The lowest BCUT2D eigenvalue weighted by molar-refractivity contribution is 0.438. The van der Waals surface area contributed by atoms with Crippen molar-refractivity contribution < 1.29 is 22.8 Å². The van der Waals surface area contributed by atoms with Gasteiger partial charge in [0.1, 0.15) is 22.1 Å². The second kappa shape index (κ2) is 12.6. The van der Waals surface area contributed by atoms with Crippen molar-refractivity contribution in [2.24, 2.45) is 0 Å². The van der Waals surface area contributed by atoms with Gasteiger partial charge in [-0.05, 0) is 25.0 Å². The first-order valence-corrected chi connectivity index (χ1v) is 12.4. The van der Waals surface area contributed by atoms with Crippen LogP contribution in [0.2, 0.25) is 0 Å². The second-order valence-electron chi connectivity index (χ2n) is 7.74.